The van der Waals surface area contributed by atoms with Crippen molar-refractivity contribution >= 4 is 33.7 Å². The van der Waals surface area contributed by atoms with Crippen molar-refractivity contribution in [3.8, 4) is 0 Å². The van der Waals surface area contributed by atoms with E-state index < -0.39 is 22.5 Å². The summed E-state index contributed by atoms with van der Waals surface area (Å²) >= 11 is 10.4. The van der Waals surface area contributed by atoms with Crippen LogP contribution in [-0.2, 0) is 14.3 Å². The zero-order valence-corrected chi connectivity index (χ0v) is 7.77. The molecule has 12 heavy (non-hydrogen) atoms. The molecule has 0 spiro atoms. The fourth-order valence-electron chi connectivity index (χ4n) is 1.25. The molecular formula is C7H8Cl2O3. The van der Waals surface area contributed by atoms with Gasteiger partial charge >= 0.3 is 0 Å². The largest absolute Gasteiger partial charge is 0.377 e. The van der Waals surface area contributed by atoms with Crippen molar-refractivity contribution in [1.29, 1.82) is 0 Å². The Morgan fingerprint density at radius 2 is 1.92 bits per heavy atom. The van der Waals surface area contributed by atoms with Crippen molar-refractivity contribution in [2.24, 2.45) is 5.92 Å². The molecule has 1 atom stereocenters. The van der Waals surface area contributed by atoms with Gasteiger partial charge in [0.15, 0.2) is 0 Å². The molecule has 0 aromatic carbocycles. The number of hydrogen-bond acceptors (Lipinski definition) is 3. The summed E-state index contributed by atoms with van der Waals surface area (Å²) in [7, 11) is 0. The van der Waals surface area contributed by atoms with Crippen molar-refractivity contribution in [3.63, 3.8) is 0 Å². The van der Waals surface area contributed by atoms with Gasteiger partial charge in [0, 0.05) is 6.61 Å². The zero-order chi connectivity index (χ0) is 9.14. The third-order valence-corrected chi connectivity index (χ3v) is 2.30. The Bertz CT molecular complexity index is 185. The molecule has 0 radical (unpaired) electrons. The van der Waals surface area contributed by atoms with Crippen LogP contribution < -0.4 is 0 Å². The van der Waals surface area contributed by atoms with Crippen LogP contribution in [0.25, 0.3) is 0 Å². The first-order valence-corrected chi connectivity index (χ1v) is 4.39. The second kappa shape index (κ2) is 4.21. The van der Waals surface area contributed by atoms with E-state index in [1.54, 1.807) is 0 Å². The van der Waals surface area contributed by atoms with E-state index in [0.717, 1.165) is 6.42 Å². The number of carbonyl (C=O) groups excluding carboxylic acids is 2. The lowest BCUT2D eigenvalue weighted by atomic mass is 10.0. The molecule has 0 aliphatic carbocycles. The summed E-state index contributed by atoms with van der Waals surface area (Å²) in [5.74, 6) is -0.990. The second-order valence-electron chi connectivity index (χ2n) is 2.64. The summed E-state index contributed by atoms with van der Waals surface area (Å²) in [6.45, 7) is 0.565. The lowest BCUT2D eigenvalue weighted by Gasteiger charge is -2.14. The van der Waals surface area contributed by atoms with E-state index in [1.807, 2.05) is 0 Å². The molecule has 0 saturated carbocycles. The monoisotopic (exact) mass is 210 g/mol. The normalized spacial score (nSPS) is 23.1. The zero-order valence-electron chi connectivity index (χ0n) is 6.26. The van der Waals surface area contributed by atoms with Gasteiger partial charge in [-0.15, -0.1) is 0 Å². The van der Waals surface area contributed by atoms with E-state index in [0.29, 0.717) is 13.0 Å². The molecular weight excluding hydrogens is 203 g/mol. The van der Waals surface area contributed by atoms with E-state index >= 15 is 0 Å². The highest BCUT2D eigenvalue weighted by atomic mass is 35.5. The fraction of sp³-hybridized carbons (Fsp3) is 0.714. The Morgan fingerprint density at radius 1 is 1.33 bits per heavy atom. The van der Waals surface area contributed by atoms with Crippen LogP contribution >= 0.6 is 23.2 Å². The van der Waals surface area contributed by atoms with Crippen LogP contribution in [0.4, 0.5) is 0 Å². The van der Waals surface area contributed by atoms with Crippen LogP contribution in [0.3, 0.4) is 0 Å². The van der Waals surface area contributed by atoms with Crippen molar-refractivity contribution in [2.45, 2.75) is 18.9 Å². The third-order valence-electron chi connectivity index (χ3n) is 1.83. The highest BCUT2D eigenvalue weighted by Gasteiger charge is 2.35. The maximum Gasteiger partial charge on any atom is 0.236 e. The summed E-state index contributed by atoms with van der Waals surface area (Å²) in [6, 6.07) is 0. The van der Waals surface area contributed by atoms with E-state index in [4.69, 9.17) is 27.9 Å². The summed E-state index contributed by atoms with van der Waals surface area (Å²) < 4.78 is 5.13. The van der Waals surface area contributed by atoms with Gasteiger partial charge in [0.25, 0.3) is 0 Å². The molecule has 1 heterocycles. The average Bonchev–Trinajstić information content (AvgIpc) is 2.37. The van der Waals surface area contributed by atoms with Crippen molar-refractivity contribution in [1.82, 2.24) is 0 Å². The predicted octanol–water partition coefficient (Wildman–Crippen LogP) is 1.31. The number of carbonyl (C=O) groups is 2. The van der Waals surface area contributed by atoms with Gasteiger partial charge in [0.2, 0.25) is 10.5 Å². The van der Waals surface area contributed by atoms with Crippen LogP contribution in [0.5, 0.6) is 0 Å². The van der Waals surface area contributed by atoms with Gasteiger partial charge in [-0.1, -0.05) is 0 Å². The van der Waals surface area contributed by atoms with E-state index in [9.17, 15) is 9.59 Å². The van der Waals surface area contributed by atoms with Crippen molar-refractivity contribution in [3.05, 3.63) is 0 Å². The number of ether oxygens (including phenoxy) is 1. The van der Waals surface area contributed by atoms with Crippen molar-refractivity contribution in [2.75, 3.05) is 6.61 Å². The highest BCUT2D eigenvalue weighted by molar-refractivity contribution is 6.73. The van der Waals surface area contributed by atoms with Gasteiger partial charge in [0.05, 0.1) is 6.10 Å². The molecule has 1 saturated heterocycles. The number of rotatable bonds is 3. The van der Waals surface area contributed by atoms with Gasteiger partial charge in [-0.3, -0.25) is 9.59 Å². The lowest BCUT2D eigenvalue weighted by molar-refractivity contribution is -0.128. The second-order valence-corrected chi connectivity index (χ2v) is 3.38. The molecule has 1 aliphatic heterocycles. The number of hydrogen-bond donors (Lipinski definition) is 0. The first kappa shape index (κ1) is 9.96. The Morgan fingerprint density at radius 3 is 2.25 bits per heavy atom. The summed E-state index contributed by atoms with van der Waals surface area (Å²) in [4.78, 5) is 21.5. The Balaban J connectivity index is 2.64. The standard InChI is InChI=1S/C7H8Cl2O3/c8-6(10)5(7(9)11)4-2-1-3-12-4/h4-5H,1-3H2. The molecule has 0 bridgehead atoms. The average molecular weight is 211 g/mol. The smallest absolute Gasteiger partial charge is 0.236 e. The molecule has 5 heteroatoms. The third kappa shape index (κ3) is 2.19. The maximum atomic E-state index is 10.8. The van der Waals surface area contributed by atoms with Gasteiger partial charge in [0.1, 0.15) is 5.92 Å². The minimum atomic E-state index is -0.990. The summed E-state index contributed by atoms with van der Waals surface area (Å²) in [5.41, 5.74) is 0. The molecule has 0 N–H and O–H groups in total. The quantitative estimate of drug-likeness (QED) is 0.522. The molecule has 1 fully saturated rings. The molecule has 0 amide bonds. The topological polar surface area (TPSA) is 43.4 Å². The summed E-state index contributed by atoms with van der Waals surface area (Å²) in [6.07, 6.45) is 1.09. The fourth-order valence-corrected chi connectivity index (χ4v) is 1.78. The SMILES string of the molecule is O=C(Cl)C(C(=O)Cl)C1CCCO1. The number of halogens is 2. The van der Waals surface area contributed by atoms with Crippen LogP contribution in [0, 0.1) is 5.92 Å². The van der Waals surface area contributed by atoms with E-state index in [2.05, 4.69) is 0 Å². The molecule has 0 aromatic rings. The molecule has 3 nitrogen and oxygen atoms in total. The molecule has 1 rings (SSSR count). The van der Waals surface area contributed by atoms with Crippen LogP contribution in [-0.4, -0.2) is 23.2 Å². The summed E-state index contributed by atoms with van der Waals surface area (Å²) in [5, 5.41) is -1.47. The first-order chi connectivity index (χ1) is 5.63. The molecule has 0 aromatic heterocycles. The Hall–Kier alpha value is -0.120. The molecule has 1 unspecified atom stereocenters. The maximum absolute atomic E-state index is 10.8. The molecule has 1 aliphatic rings. The van der Waals surface area contributed by atoms with Gasteiger partial charge in [-0.2, -0.15) is 0 Å². The van der Waals surface area contributed by atoms with Crippen LogP contribution in [0.1, 0.15) is 12.8 Å². The van der Waals surface area contributed by atoms with Crippen molar-refractivity contribution < 1.29 is 14.3 Å². The van der Waals surface area contributed by atoms with E-state index in [-0.39, 0.29) is 0 Å². The first-order valence-electron chi connectivity index (χ1n) is 3.63. The van der Waals surface area contributed by atoms with Gasteiger partial charge in [-0.05, 0) is 36.0 Å². The van der Waals surface area contributed by atoms with Crippen LogP contribution in [0.15, 0.2) is 0 Å². The van der Waals surface area contributed by atoms with E-state index in [1.165, 1.54) is 0 Å². The Labute approximate surface area is 80.0 Å². The van der Waals surface area contributed by atoms with Gasteiger partial charge in [-0.25, -0.2) is 0 Å². The minimum absolute atomic E-state index is 0.417. The lowest BCUT2D eigenvalue weighted by Crippen LogP contribution is -2.29. The Kier molecular flexibility index (Phi) is 3.50. The highest BCUT2D eigenvalue weighted by Crippen LogP contribution is 2.24. The van der Waals surface area contributed by atoms with Gasteiger partial charge < -0.3 is 4.74 Å². The minimum Gasteiger partial charge on any atom is -0.377 e. The molecule has 68 valence electrons. The predicted molar refractivity (Wildman–Crippen MR) is 44.2 cm³/mol. The van der Waals surface area contributed by atoms with Crippen LogP contribution in [0.2, 0.25) is 0 Å².